The fraction of sp³-hybridized carbons (Fsp3) is 0.467. The van der Waals surface area contributed by atoms with E-state index < -0.39 is 0 Å². The second kappa shape index (κ2) is 6.18. The SMILES string of the molecule is COC(C)(C)CCC(NN)c1cc2ccc(F)cc2s1. The maximum Gasteiger partial charge on any atom is 0.124 e. The van der Waals surface area contributed by atoms with Gasteiger partial charge in [0.05, 0.1) is 11.6 Å². The number of thiophene rings is 1. The molecule has 3 N–H and O–H groups in total. The first kappa shape index (κ1) is 15.4. The van der Waals surface area contributed by atoms with Crippen molar-refractivity contribution >= 4 is 21.4 Å². The number of halogens is 1. The van der Waals surface area contributed by atoms with Gasteiger partial charge in [0.25, 0.3) is 0 Å². The first-order chi connectivity index (χ1) is 9.45. The standard InChI is InChI=1S/C15H21FN2OS/c1-15(2,19-3)7-6-12(18-17)14-8-10-4-5-11(16)9-13(10)20-14/h4-5,8-9,12,18H,6-7,17H2,1-3H3. The van der Waals surface area contributed by atoms with Crippen molar-refractivity contribution in [3.63, 3.8) is 0 Å². The molecule has 0 spiro atoms. The van der Waals surface area contributed by atoms with E-state index in [1.54, 1.807) is 30.6 Å². The van der Waals surface area contributed by atoms with Crippen LogP contribution in [0.3, 0.4) is 0 Å². The highest BCUT2D eigenvalue weighted by atomic mass is 32.1. The van der Waals surface area contributed by atoms with E-state index in [0.717, 1.165) is 27.8 Å². The summed E-state index contributed by atoms with van der Waals surface area (Å²) in [5.41, 5.74) is 2.68. The number of methoxy groups -OCH3 is 1. The summed E-state index contributed by atoms with van der Waals surface area (Å²) in [7, 11) is 1.72. The van der Waals surface area contributed by atoms with Gasteiger partial charge in [-0.1, -0.05) is 6.07 Å². The van der Waals surface area contributed by atoms with Gasteiger partial charge in [-0.05, 0) is 50.3 Å². The molecule has 0 aliphatic heterocycles. The van der Waals surface area contributed by atoms with Crippen LogP contribution in [0.1, 0.15) is 37.6 Å². The summed E-state index contributed by atoms with van der Waals surface area (Å²) in [6.45, 7) is 4.11. The van der Waals surface area contributed by atoms with Crippen molar-refractivity contribution in [1.82, 2.24) is 5.43 Å². The van der Waals surface area contributed by atoms with Gasteiger partial charge in [-0.25, -0.2) is 4.39 Å². The summed E-state index contributed by atoms with van der Waals surface area (Å²) in [5, 5.41) is 1.05. The van der Waals surface area contributed by atoms with Crippen molar-refractivity contribution in [2.45, 2.75) is 38.3 Å². The minimum absolute atomic E-state index is 0.0601. The number of benzene rings is 1. The molecule has 0 saturated carbocycles. The Morgan fingerprint density at radius 1 is 1.40 bits per heavy atom. The Bertz CT molecular complexity index is 582. The molecule has 2 aromatic rings. The topological polar surface area (TPSA) is 47.3 Å². The normalized spacial score (nSPS) is 13.8. The summed E-state index contributed by atoms with van der Waals surface area (Å²) >= 11 is 1.58. The molecule has 1 heterocycles. The molecule has 5 heteroatoms. The van der Waals surface area contributed by atoms with Crippen LogP contribution in [-0.2, 0) is 4.74 Å². The third kappa shape index (κ3) is 3.55. The molecule has 0 fully saturated rings. The quantitative estimate of drug-likeness (QED) is 0.630. The van der Waals surface area contributed by atoms with E-state index in [2.05, 4.69) is 25.3 Å². The minimum atomic E-state index is -0.205. The molecule has 1 aromatic carbocycles. The highest BCUT2D eigenvalue weighted by Gasteiger charge is 2.21. The zero-order chi connectivity index (χ0) is 14.8. The van der Waals surface area contributed by atoms with Crippen LogP contribution in [0, 0.1) is 5.82 Å². The Labute approximate surface area is 122 Å². The lowest BCUT2D eigenvalue weighted by molar-refractivity contribution is 0.0117. The Kier molecular flexibility index (Phi) is 4.75. The van der Waals surface area contributed by atoms with Gasteiger partial charge in [-0.15, -0.1) is 11.3 Å². The largest absolute Gasteiger partial charge is 0.379 e. The van der Waals surface area contributed by atoms with Gasteiger partial charge in [-0.3, -0.25) is 11.3 Å². The minimum Gasteiger partial charge on any atom is -0.379 e. The molecule has 2 rings (SSSR count). The molecule has 110 valence electrons. The fourth-order valence-corrected chi connectivity index (χ4v) is 3.28. The Morgan fingerprint density at radius 2 is 2.15 bits per heavy atom. The molecule has 0 aliphatic carbocycles. The third-order valence-electron chi connectivity index (χ3n) is 3.63. The zero-order valence-corrected chi connectivity index (χ0v) is 12.9. The van der Waals surface area contributed by atoms with Gasteiger partial charge < -0.3 is 4.74 Å². The van der Waals surface area contributed by atoms with Crippen LogP contribution in [0.4, 0.5) is 4.39 Å². The lowest BCUT2D eigenvalue weighted by atomic mass is 9.98. The highest BCUT2D eigenvalue weighted by molar-refractivity contribution is 7.19. The van der Waals surface area contributed by atoms with E-state index in [9.17, 15) is 4.39 Å². The predicted molar refractivity (Wildman–Crippen MR) is 82.2 cm³/mol. The Morgan fingerprint density at radius 3 is 2.80 bits per heavy atom. The monoisotopic (exact) mass is 296 g/mol. The average molecular weight is 296 g/mol. The summed E-state index contributed by atoms with van der Waals surface area (Å²) in [4.78, 5) is 1.13. The van der Waals surface area contributed by atoms with Crippen molar-refractivity contribution in [3.05, 3.63) is 35.0 Å². The second-order valence-electron chi connectivity index (χ2n) is 5.55. The van der Waals surface area contributed by atoms with Gasteiger partial charge in [0, 0.05) is 16.7 Å². The van der Waals surface area contributed by atoms with Crippen LogP contribution in [0.15, 0.2) is 24.3 Å². The second-order valence-corrected chi connectivity index (χ2v) is 6.67. The zero-order valence-electron chi connectivity index (χ0n) is 12.1. The van der Waals surface area contributed by atoms with Crippen molar-refractivity contribution in [3.8, 4) is 0 Å². The molecular weight excluding hydrogens is 275 g/mol. The lowest BCUT2D eigenvalue weighted by Crippen LogP contribution is -2.30. The number of hydrazine groups is 1. The number of nitrogens with one attached hydrogen (secondary N) is 1. The lowest BCUT2D eigenvalue weighted by Gasteiger charge is -2.25. The van der Waals surface area contributed by atoms with Crippen LogP contribution in [-0.4, -0.2) is 12.7 Å². The molecule has 0 aliphatic rings. The Hall–Kier alpha value is -1.01. The molecular formula is C15H21FN2OS. The first-order valence-corrected chi connectivity index (χ1v) is 7.47. The molecule has 1 unspecified atom stereocenters. The van der Waals surface area contributed by atoms with Gasteiger partial charge in [0.15, 0.2) is 0 Å². The summed E-state index contributed by atoms with van der Waals surface area (Å²) in [5.74, 6) is 5.46. The molecule has 20 heavy (non-hydrogen) atoms. The number of nitrogens with two attached hydrogens (primary N) is 1. The van der Waals surface area contributed by atoms with Crippen LogP contribution >= 0.6 is 11.3 Å². The number of hydrogen-bond acceptors (Lipinski definition) is 4. The van der Waals surface area contributed by atoms with Gasteiger partial charge in [0.1, 0.15) is 5.82 Å². The average Bonchev–Trinajstić information content (AvgIpc) is 2.82. The van der Waals surface area contributed by atoms with Gasteiger partial charge >= 0.3 is 0 Å². The van der Waals surface area contributed by atoms with Crippen molar-refractivity contribution in [1.29, 1.82) is 0 Å². The summed E-state index contributed by atoms with van der Waals surface area (Å²) in [6, 6.07) is 6.99. The van der Waals surface area contributed by atoms with E-state index in [0.29, 0.717) is 0 Å². The van der Waals surface area contributed by atoms with Crippen LogP contribution < -0.4 is 11.3 Å². The maximum atomic E-state index is 13.2. The molecule has 3 nitrogen and oxygen atoms in total. The van der Waals surface area contributed by atoms with Crippen LogP contribution in [0.5, 0.6) is 0 Å². The van der Waals surface area contributed by atoms with Gasteiger partial charge in [0.2, 0.25) is 0 Å². The molecule has 0 saturated heterocycles. The molecule has 0 amide bonds. The maximum absolute atomic E-state index is 13.2. The molecule has 0 bridgehead atoms. The summed E-state index contributed by atoms with van der Waals surface area (Å²) in [6.07, 6.45) is 1.76. The van der Waals surface area contributed by atoms with Crippen LogP contribution in [0.2, 0.25) is 0 Å². The first-order valence-electron chi connectivity index (χ1n) is 6.65. The van der Waals surface area contributed by atoms with Crippen molar-refractivity contribution in [2.24, 2.45) is 5.84 Å². The smallest absolute Gasteiger partial charge is 0.124 e. The van der Waals surface area contributed by atoms with E-state index in [4.69, 9.17) is 10.6 Å². The molecule has 1 atom stereocenters. The number of fused-ring (bicyclic) bond motifs is 1. The van der Waals surface area contributed by atoms with E-state index in [1.165, 1.54) is 6.07 Å². The predicted octanol–water partition coefficient (Wildman–Crippen LogP) is 3.75. The van der Waals surface area contributed by atoms with Crippen molar-refractivity contribution < 1.29 is 9.13 Å². The summed E-state index contributed by atoms with van der Waals surface area (Å²) < 4.78 is 19.6. The van der Waals surface area contributed by atoms with Crippen LogP contribution in [0.25, 0.3) is 10.1 Å². The number of rotatable bonds is 6. The van der Waals surface area contributed by atoms with Gasteiger partial charge in [-0.2, -0.15) is 0 Å². The van der Waals surface area contributed by atoms with E-state index in [1.807, 2.05) is 0 Å². The van der Waals surface area contributed by atoms with E-state index >= 15 is 0 Å². The number of ether oxygens (including phenoxy) is 1. The number of hydrogen-bond donors (Lipinski definition) is 2. The molecule has 1 aromatic heterocycles. The van der Waals surface area contributed by atoms with Crippen molar-refractivity contribution in [2.75, 3.05) is 7.11 Å². The highest BCUT2D eigenvalue weighted by Crippen LogP contribution is 2.33. The third-order valence-corrected chi connectivity index (χ3v) is 4.85. The Balaban J connectivity index is 2.17. The fourth-order valence-electron chi connectivity index (χ4n) is 2.10. The molecule has 0 radical (unpaired) electrons. The van der Waals surface area contributed by atoms with E-state index in [-0.39, 0.29) is 17.5 Å².